The fourth-order valence-corrected chi connectivity index (χ4v) is 3.17. The van der Waals surface area contributed by atoms with Crippen LogP contribution in [0.5, 0.6) is 5.88 Å². The summed E-state index contributed by atoms with van der Waals surface area (Å²) in [6.07, 6.45) is -3.32. The zero-order valence-electron chi connectivity index (χ0n) is 17.4. The molecule has 11 heteroatoms. The summed E-state index contributed by atoms with van der Waals surface area (Å²) in [6, 6.07) is 9.79. The van der Waals surface area contributed by atoms with E-state index in [1.54, 1.807) is 0 Å². The van der Waals surface area contributed by atoms with Crippen molar-refractivity contribution in [1.29, 1.82) is 0 Å². The number of ether oxygens (including phenoxy) is 1. The van der Waals surface area contributed by atoms with E-state index in [0.29, 0.717) is 32.0 Å². The smallest absolute Gasteiger partial charge is 0.417 e. The molecule has 1 unspecified atom stereocenters. The van der Waals surface area contributed by atoms with E-state index < -0.39 is 11.7 Å². The molecule has 3 N–H and O–H groups in total. The highest BCUT2D eigenvalue weighted by Gasteiger charge is 2.30. The molecule has 1 aromatic carbocycles. The lowest BCUT2D eigenvalue weighted by atomic mass is 9.91. The second kappa shape index (κ2) is 11.9. The van der Waals surface area contributed by atoms with Crippen LogP contribution in [0, 0.1) is 0 Å². The molecule has 2 heterocycles. The lowest BCUT2D eigenvalue weighted by Crippen LogP contribution is -2.39. The zero-order chi connectivity index (χ0) is 22.3. The predicted molar refractivity (Wildman–Crippen MR) is 127 cm³/mol. The molecule has 0 saturated heterocycles. The Labute approximate surface area is 201 Å². The number of para-hydroxylation sites is 1. The molecule has 0 spiro atoms. The number of guanidine groups is 1. The number of anilines is 1. The van der Waals surface area contributed by atoms with Gasteiger partial charge in [-0.2, -0.15) is 13.2 Å². The second-order valence-electron chi connectivity index (χ2n) is 6.91. The molecular formula is C21H25F3IN5O2. The average Bonchev–Trinajstić information content (AvgIpc) is 2.74. The Kier molecular flexibility index (Phi) is 9.54. The number of fused-ring (bicyclic) bond motifs is 1. The summed E-state index contributed by atoms with van der Waals surface area (Å²) in [5.74, 6) is 0.624. The van der Waals surface area contributed by atoms with Crippen LogP contribution in [0.2, 0.25) is 0 Å². The van der Waals surface area contributed by atoms with Gasteiger partial charge in [0.05, 0.1) is 18.7 Å². The van der Waals surface area contributed by atoms with E-state index in [9.17, 15) is 18.0 Å². The number of hydrogen-bond donors (Lipinski definition) is 3. The molecule has 1 atom stereocenters. The summed E-state index contributed by atoms with van der Waals surface area (Å²) in [6.45, 7) is 3.58. The monoisotopic (exact) mass is 563 g/mol. The van der Waals surface area contributed by atoms with Crippen LogP contribution in [0.25, 0.3) is 0 Å². The largest absolute Gasteiger partial charge is 0.476 e. The third-order valence-electron chi connectivity index (χ3n) is 4.63. The highest BCUT2D eigenvalue weighted by molar-refractivity contribution is 14.0. The van der Waals surface area contributed by atoms with Gasteiger partial charge in [-0.1, -0.05) is 18.2 Å². The lowest BCUT2D eigenvalue weighted by molar-refractivity contribution is -0.137. The number of nitrogens with one attached hydrogen (secondary N) is 3. The van der Waals surface area contributed by atoms with Gasteiger partial charge in [0, 0.05) is 36.8 Å². The first-order valence-corrected chi connectivity index (χ1v) is 9.94. The third-order valence-corrected chi connectivity index (χ3v) is 4.63. The number of rotatable bonds is 7. The maximum Gasteiger partial charge on any atom is 0.417 e. The van der Waals surface area contributed by atoms with E-state index in [2.05, 4.69) is 25.9 Å². The zero-order valence-corrected chi connectivity index (χ0v) is 19.7. The van der Waals surface area contributed by atoms with Crippen LogP contribution in [0.15, 0.2) is 47.6 Å². The number of pyridine rings is 1. The van der Waals surface area contributed by atoms with Gasteiger partial charge >= 0.3 is 6.18 Å². The van der Waals surface area contributed by atoms with Gasteiger partial charge < -0.3 is 20.7 Å². The summed E-state index contributed by atoms with van der Waals surface area (Å²) in [5.41, 5.74) is 1.05. The molecule has 1 aliphatic rings. The van der Waals surface area contributed by atoms with Crippen molar-refractivity contribution in [2.45, 2.75) is 25.4 Å². The SMILES string of the molecule is CCNC(=NCC1CC(=O)Nc2ccccc21)NCCOc1ccc(C(F)(F)F)cn1.I. The fourth-order valence-electron chi connectivity index (χ4n) is 3.17. The summed E-state index contributed by atoms with van der Waals surface area (Å²) in [7, 11) is 0. The van der Waals surface area contributed by atoms with E-state index in [4.69, 9.17) is 4.74 Å². The van der Waals surface area contributed by atoms with E-state index in [-0.39, 0.29) is 48.3 Å². The Hall–Kier alpha value is -2.57. The number of aliphatic imine (C=N–C) groups is 1. The lowest BCUT2D eigenvalue weighted by Gasteiger charge is -2.24. The molecule has 1 amide bonds. The summed E-state index contributed by atoms with van der Waals surface area (Å²) < 4.78 is 43.1. The quantitative estimate of drug-likeness (QED) is 0.207. The highest BCUT2D eigenvalue weighted by Crippen LogP contribution is 2.32. The van der Waals surface area contributed by atoms with Crippen molar-refractivity contribution >= 4 is 41.5 Å². The number of carbonyl (C=O) groups is 1. The first-order chi connectivity index (χ1) is 14.9. The number of halogens is 4. The van der Waals surface area contributed by atoms with Crippen molar-refractivity contribution in [3.8, 4) is 5.88 Å². The standard InChI is InChI=1S/C21H24F3N5O2.HI/c1-2-25-20(26-9-10-31-19-8-7-15(13-27-19)21(22,23)24)28-12-14-11-18(30)29-17-6-4-3-5-16(14)17;/h3-8,13-14H,2,9-12H2,1H3,(H,29,30)(H2,25,26,28);1H. The average molecular weight is 563 g/mol. The molecule has 174 valence electrons. The molecule has 2 aromatic rings. The Morgan fingerprint density at radius 3 is 2.72 bits per heavy atom. The van der Waals surface area contributed by atoms with Gasteiger partial charge in [0.1, 0.15) is 6.61 Å². The van der Waals surface area contributed by atoms with Crippen LogP contribution in [0.3, 0.4) is 0 Å². The molecule has 0 radical (unpaired) electrons. The molecular weight excluding hydrogens is 538 g/mol. The minimum Gasteiger partial charge on any atom is -0.476 e. The molecule has 1 aromatic heterocycles. The van der Waals surface area contributed by atoms with Crippen molar-refractivity contribution in [3.05, 3.63) is 53.7 Å². The predicted octanol–water partition coefficient (Wildman–Crippen LogP) is 3.78. The molecule has 3 rings (SSSR count). The Balaban J connectivity index is 0.00000363. The van der Waals surface area contributed by atoms with Crippen molar-refractivity contribution in [3.63, 3.8) is 0 Å². The van der Waals surface area contributed by atoms with Crippen molar-refractivity contribution < 1.29 is 22.7 Å². The van der Waals surface area contributed by atoms with Crippen LogP contribution in [-0.2, 0) is 11.0 Å². The minimum absolute atomic E-state index is 0. The van der Waals surface area contributed by atoms with E-state index in [1.165, 1.54) is 6.07 Å². The third kappa shape index (κ3) is 7.24. The maximum absolute atomic E-state index is 12.6. The maximum atomic E-state index is 12.6. The summed E-state index contributed by atoms with van der Waals surface area (Å²) >= 11 is 0. The van der Waals surface area contributed by atoms with Crippen molar-refractivity contribution in [1.82, 2.24) is 15.6 Å². The van der Waals surface area contributed by atoms with Crippen LogP contribution in [0.4, 0.5) is 18.9 Å². The Morgan fingerprint density at radius 1 is 1.25 bits per heavy atom. The van der Waals surface area contributed by atoms with E-state index >= 15 is 0 Å². The van der Waals surface area contributed by atoms with Gasteiger partial charge in [0.25, 0.3) is 0 Å². The van der Waals surface area contributed by atoms with Crippen LogP contribution in [-0.4, -0.2) is 43.1 Å². The highest BCUT2D eigenvalue weighted by atomic mass is 127. The van der Waals surface area contributed by atoms with Gasteiger partial charge in [-0.15, -0.1) is 24.0 Å². The fraction of sp³-hybridized carbons (Fsp3) is 0.381. The molecule has 1 aliphatic heterocycles. The number of alkyl halides is 3. The van der Waals surface area contributed by atoms with Gasteiger partial charge in [-0.25, -0.2) is 4.98 Å². The van der Waals surface area contributed by atoms with Gasteiger partial charge in [-0.05, 0) is 24.6 Å². The molecule has 0 fully saturated rings. The minimum atomic E-state index is -4.43. The summed E-state index contributed by atoms with van der Waals surface area (Å²) in [4.78, 5) is 20.2. The Bertz CT molecular complexity index is 922. The molecule has 0 bridgehead atoms. The number of aromatic nitrogens is 1. The molecule has 7 nitrogen and oxygen atoms in total. The number of carbonyl (C=O) groups excluding carboxylic acids is 1. The number of benzene rings is 1. The molecule has 32 heavy (non-hydrogen) atoms. The normalized spacial score (nSPS) is 15.8. The number of hydrogen-bond acceptors (Lipinski definition) is 4. The molecule has 0 aliphatic carbocycles. The topological polar surface area (TPSA) is 87.6 Å². The first-order valence-electron chi connectivity index (χ1n) is 9.94. The van der Waals surface area contributed by atoms with Crippen molar-refractivity contribution in [2.75, 3.05) is 31.6 Å². The van der Waals surface area contributed by atoms with Crippen LogP contribution < -0.4 is 20.7 Å². The van der Waals surface area contributed by atoms with Gasteiger partial charge in [-0.3, -0.25) is 9.79 Å². The Morgan fingerprint density at radius 2 is 2.03 bits per heavy atom. The first kappa shape index (κ1) is 25.7. The molecule has 0 saturated carbocycles. The second-order valence-corrected chi connectivity index (χ2v) is 6.91. The van der Waals surface area contributed by atoms with E-state index in [0.717, 1.165) is 23.5 Å². The van der Waals surface area contributed by atoms with Crippen LogP contribution in [0.1, 0.15) is 30.4 Å². The number of amides is 1. The van der Waals surface area contributed by atoms with E-state index in [1.807, 2.05) is 31.2 Å². The van der Waals surface area contributed by atoms with Gasteiger partial charge in [0.2, 0.25) is 11.8 Å². The van der Waals surface area contributed by atoms with Crippen LogP contribution >= 0.6 is 24.0 Å². The summed E-state index contributed by atoms with van der Waals surface area (Å²) in [5, 5.41) is 9.10. The van der Waals surface area contributed by atoms with Gasteiger partial charge in [0.15, 0.2) is 5.96 Å². The number of nitrogens with zero attached hydrogens (tertiary/aromatic N) is 2. The van der Waals surface area contributed by atoms with Crippen molar-refractivity contribution in [2.24, 2.45) is 4.99 Å².